The number of halogens is 5. The molecule has 0 aliphatic heterocycles. The van der Waals surface area contributed by atoms with Gasteiger partial charge in [0.15, 0.2) is 17.5 Å². The van der Waals surface area contributed by atoms with E-state index in [-0.39, 0.29) is 35.5 Å². The van der Waals surface area contributed by atoms with Gasteiger partial charge in [-0.25, -0.2) is 35.1 Å². The second kappa shape index (κ2) is 8.52. The van der Waals surface area contributed by atoms with Crippen molar-refractivity contribution in [3.05, 3.63) is 59.4 Å². The van der Waals surface area contributed by atoms with Crippen LogP contribution in [-0.2, 0) is 10.0 Å². The predicted molar refractivity (Wildman–Crippen MR) is 99.6 cm³/mol. The predicted octanol–water partition coefficient (Wildman–Crippen LogP) is 3.04. The SMILES string of the molecule is O=C(Nc1cc(F)c(F)c(F)c1)c1cccc(S(=O)(=O)NCC2CC(O)(C(F)F)C2)c1. The van der Waals surface area contributed by atoms with E-state index < -0.39 is 51.3 Å². The van der Waals surface area contributed by atoms with E-state index in [2.05, 4.69) is 10.0 Å². The van der Waals surface area contributed by atoms with E-state index in [0.717, 1.165) is 6.07 Å². The number of carbonyl (C=O) groups is 1. The molecule has 1 saturated carbocycles. The zero-order valence-corrected chi connectivity index (χ0v) is 16.5. The van der Waals surface area contributed by atoms with Gasteiger partial charge in [-0.3, -0.25) is 4.79 Å². The van der Waals surface area contributed by atoms with Crippen molar-refractivity contribution in [3.8, 4) is 0 Å². The van der Waals surface area contributed by atoms with Crippen molar-refractivity contribution < 1.29 is 40.3 Å². The Morgan fingerprint density at radius 2 is 1.74 bits per heavy atom. The Morgan fingerprint density at radius 1 is 1.13 bits per heavy atom. The summed E-state index contributed by atoms with van der Waals surface area (Å²) < 4.78 is 91.9. The van der Waals surface area contributed by atoms with Crippen molar-refractivity contribution in [2.75, 3.05) is 11.9 Å². The summed E-state index contributed by atoms with van der Waals surface area (Å²) >= 11 is 0. The van der Waals surface area contributed by atoms with Gasteiger partial charge >= 0.3 is 0 Å². The standard InChI is InChI=1S/C19H17F5N2O4S/c20-14-5-12(6-15(21)16(14)22)26-17(27)11-2-1-3-13(4-11)31(29,30)25-9-10-7-19(28,8-10)18(23)24/h1-6,10,18,25,28H,7-9H2,(H,26,27). The minimum atomic E-state index is -4.11. The van der Waals surface area contributed by atoms with Crippen LogP contribution in [0, 0.1) is 23.4 Å². The lowest BCUT2D eigenvalue weighted by Crippen LogP contribution is -2.52. The number of hydrogen-bond donors (Lipinski definition) is 3. The van der Waals surface area contributed by atoms with Gasteiger partial charge in [-0.1, -0.05) is 6.07 Å². The van der Waals surface area contributed by atoms with Crippen LogP contribution in [0.5, 0.6) is 0 Å². The first kappa shape index (κ1) is 23.1. The summed E-state index contributed by atoms with van der Waals surface area (Å²) in [5.74, 6) is -6.08. The summed E-state index contributed by atoms with van der Waals surface area (Å²) in [6.07, 6.45) is -3.42. The van der Waals surface area contributed by atoms with Crippen LogP contribution in [0.15, 0.2) is 41.3 Å². The Hall–Kier alpha value is -2.57. The fourth-order valence-corrected chi connectivity index (χ4v) is 4.37. The molecule has 0 spiro atoms. The molecule has 1 amide bonds. The number of amides is 1. The first-order valence-corrected chi connectivity index (χ1v) is 10.5. The minimum Gasteiger partial charge on any atom is -0.384 e. The second-order valence-corrected chi connectivity index (χ2v) is 9.03. The monoisotopic (exact) mass is 464 g/mol. The molecule has 2 aromatic rings. The van der Waals surface area contributed by atoms with Crippen molar-refractivity contribution in [2.45, 2.75) is 29.8 Å². The normalized spacial score (nSPS) is 21.1. The highest BCUT2D eigenvalue weighted by atomic mass is 32.2. The number of carbonyl (C=O) groups excluding carboxylic acids is 1. The molecule has 0 aromatic heterocycles. The summed E-state index contributed by atoms with van der Waals surface area (Å²) in [4.78, 5) is 12.0. The van der Waals surface area contributed by atoms with Crippen molar-refractivity contribution >= 4 is 21.6 Å². The van der Waals surface area contributed by atoms with Gasteiger partial charge in [0.25, 0.3) is 12.3 Å². The zero-order chi connectivity index (χ0) is 23.0. The van der Waals surface area contributed by atoms with Gasteiger partial charge in [0.2, 0.25) is 10.0 Å². The smallest absolute Gasteiger partial charge is 0.266 e. The van der Waals surface area contributed by atoms with Crippen LogP contribution in [0.25, 0.3) is 0 Å². The second-order valence-electron chi connectivity index (χ2n) is 7.27. The molecule has 3 N–H and O–H groups in total. The van der Waals surface area contributed by atoms with E-state index in [4.69, 9.17) is 0 Å². The molecule has 1 aliphatic carbocycles. The Balaban J connectivity index is 1.67. The number of hydrogen-bond acceptors (Lipinski definition) is 4. The molecule has 0 bridgehead atoms. The van der Waals surface area contributed by atoms with Crippen molar-refractivity contribution in [1.29, 1.82) is 0 Å². The third-order valence-electron chi connectivity index (χ3n) is 4.90. The molecule has 0 radical (unpaired) electrons. The van der Waals surface area contributed by atoms with E-state index in [0.29, 0.717) is 12.1 Å². The minimum absolute atomic E-state index is 0.163. The van der Waals surface area contributed by atoms with Gasteiger partial charge in [-0.05, 0) is 37.0 Å². The number of anilines is 1. The fourth-order valence-electron chi connectivity index (χ4n) is 3.21. The molecule has 3 rings (SSSR count). The highest BCUT2D eigenvalue weighted by Crippen LogP contribution is 2.41. The summed E-state index contributed by atoms with van der Waals surface area (Å²) in [6, 6.07) is 5.83. The molecule has 6 nitrogen and oxygen atoms in total. The molecular weight excluding hydrogens is 447 g/mol. The zero-order valence-electron chi connectivity index (χ0n) is 15.7. The van der Waals surface area contributed by atoms with Crippen LogP contribution in [0.3, 0.4) is 0 Å². The van der Waals surface area contributed by atoms with Crippen LogP contribution in [0.4, 0.5) is 27.6 Å². The summed E-state index contributed by atoms with van der Waals surface area (Å²) in [6.45, 7) is -0.179. The first-order valence-electron chi connectivity index (χ1n) is 8.97. The highest BCUT2D eigenvalue weighted by Gasteiger charge is 2.49. The molecule has 12 heteroatoms. The largest absolute Gasteiger partial charge is 0.384 e. The van der Waals surface area contributed by atoms with E-state index in [1.54, 1.807) is 0 Å². The summed E-state index contributed by atoms with van der Waals surface area (Å²) in [5, 5.41) is 11.7. The average Bonchev–Trinajstić information content (AvgIpc) is 2.68. The molecule has 0 heterocycles. The van der Waals surface area contributed by atoms with Crippen molar-refractivity contribution in [1.82, 2.24) is 4.72 Å². The molecule has 1 aliphatic rings. The Bertz CT molecular complexity index is 1080. The molecule has 2 aromatic carbocycles. The summed E-state index contributed by atoms with van der Waals surface area (Å²) in [7, 11) is -4.11. The number of aliphatic hydroxyl groups is 1. The molecular formula is C19H17F5N2O4S. The number of sulfonamides is 1. The fraction of sp³-hybridized carbons (Fsp3) is 0.316. The van der Waals surface area contributed by atoms with E-state index in [1.807, 2.05) is 0 Å². The lowest BCUT2D eigenvalue weighted by Gasteiger charge is -2.42. The summed E-state index contributed by atoms with van der Waals surface area (Å²) in [5.41, 5.74) is -2.64. The molecule has 0 atom stereocenters. The van der Waals surface area contributed by atoms with E-state index >= 15 is 0 Å². The Labute approximate surface area is 174 Å². The lowest BCUT2D eigenvalue weighted by atomic mass is 9.71. The number of benzene rings is 2. The lowest BCUT2D eigenvalue weighted by molar-refractivity contribution is -0.166. The van der Waals surface area contributed by atoms with Gasteiger partial charge in [0.05, 0.1) is 4.90 Å². The maximum atomic E-state index is 13.3. The van der Waals surface area contributed by atoms with Gasteiger partial charge in [0.1, 0.15) is 5.60 Å². The number of alkyl halides is 2. The molecule has 0 saturated heterocycles. The average molecular weight is 464 g/mol. The maximum absolute atomic E-state index is 13.3. The van der Waals surface area contributed by atoms with E-state index in [9.17, 15) is 40.3 Å². The van der Waals surface area contributed by atoms with Crippen molar-refractivity contribution in [3.63, 3.8) is 0 Å². The van der Waals surface area contributed by atoms with Crippen LogP contribution < -0.4 is 10.0 Å². The number of rotatable bonds is 7. The third kappa shape index (κ3) is 5.02. The first-order chi connectivity index (χ1) is 14.4. The Kier molecular flexibility index (Phi) is 6.35. The molecule has 168 valence electrons. The van der Waals surface area contributed by atoms with Gasteiger partial charge in [-0.15, -0.1) is 0 Å². The Morgan fingerprint density at radius 3 is 2.32 bits per heavy atom. The van der Waals surface area contributed by atoms with Crippen LogP contribution in [0.1, 0.15) is 23.2 Å². The van der Waals surface area contributed by atoms with E-state index in [1.165, 1.54) is 18.2 Å². The van der Waals surface area contributed by atoms with Gasteiger partial charge in [0, 0.05) is 29.9 Å². The van der Waals surface area contributed by atoms with Crippen LogP contribution in [-0.4, -0.2) is 38.0 Å². The van der Waals surface area contributed by atoms with Crippen LogP contribution in [0.2, 0.25) is 0 Å². The molecule has 1 fully saturated rings. The third-order valence-corrected chi connectivity index (χ3v) is 6.32. The van der Waals surface area contributed by atoms with Gasteiger partial charge in [-0.2, -0.15) is 0 Å². The van der Waals surface area contributed by atoms with Crippen LogP contribution >= 0.6 is 0 Å². The van der Waals surface area contributed by atoms with Gasteiger partial charge < -0.3 is 10.4 Å². The maximum Gasteiger partial charge on any atom is 0.266 e. The number of nitrogens with one attached hydrogen (secondary N) is 2. The topological polar surface area (TPSA) is 95.5 Å². The quantitative estimate of drug-likeness (QED) is 0.434. The molecule has 0 unspecified atom stereocenters. The van der Waals surface area contributed by atoms with Crippen molar-refractivity contribution in [2.24, 2.45) is 5.92 Å². The highest BCUT2D eigenvalue weighted by molar-refractivity contribution is 7.89. The molecule has 31 heavy (non-hydrogen) atoms.